The summed E-state index contributed by atoms with van der Waals surface area (Å²) in [5.41, 5.74) is 1.83. The molecule has 0 aliphatic rings. The van der Waals surface area contributed by atoms with E-state index >= 15 is 0 Å². The molecular formula is C19H21NO3S. The molecule has 0 aromatic heterocycles. The average molecular weight is 343 g/mol. The fraction of sp³-hybridized carbons (Fsp3) is 0.211. The molecule has 0 unspecified atom stereocenters. The van der Waals surface area contributed by atoms with E-state index in [4.69, 9.17) is 9.47 Å². The van der Waals surface area contributed by atoms with Gasteiger partial charge in [0.1, 0.15) is 0 Å². The van der Waals surface area contributed by atoms with Gasteiger partial charge in [-0.2, -0.15) is 0 Å². The van der Waals surface area contributed by atoms with Gasteiger partial charge in [-0.05, 0) is 48.6 Å². The molecule has 0 spiro atoms. The number of nitrogens with one attached hydrogen (secondary N) is 1. The lowest BCUT2D eigenvalue weighted by atomic mass is 10.1. The molecule has 0 atom stereocenters. The van der Waals surface area contributed by atoms with Gasteiger partial charge < -0.3 is 14.8 Å². The van der Waals surface area contributed by atoms with Gasteiger partial charge in [0, 0.05) is 10.6 Å². The highest BCUT2D eigenvalue weighted by Gasteiger charge is 2.09. The molecule has 2 aromatic rings. The van der Waals surface area contributed by atoms with Crippen molar-refractivity contribution in [3.63, 3.8) is 0 Å². The lowest BCUT2D eigenvalue weighted by molar-refractivity contribution is -0.118. The first-order valence-corrected chi connectivity index (χ1v) is 8.73. The highest BCUT2D eigenvalue weighted by molar-refractivity contribution is 7.98. The first kappa shape index (κ1) is 17.9. The van der Waals surface area contributed by atoms with E-state index in [9.17, 15) is 4.79 Å². The first-order valence-electron chi connectivity index (χ1n) is 7.50. The highest BCUT2D eigenvalue weighted by atomic mass is 32.2. The van der Waals surface area contributed by atoms with Crippen LogP contribution in [0, 0.1) is 0 Å². The van der Waals surface area contributed by atoms with Crippen molar-refractivity contribution in [3.05, 3.63) is 60.7 Å². The van der Waals surface area contributed by atoms with Crippen LogP contribution in [0.1, 0.15) is 5.56 Å². The zero-order valence-corrected chi connectivity index (χ0v) is 14.7. The second-order valence-electron chi connectivity index (χ2n) is 5.05. The number of rotatable bonds is 8. The van der Waals surface area contributed by atoms with Crippen molar-refractivity contribution in [1.82, 2.24) is 0 Å². The molecule has 5 heteroatoms. The fourth-order valence-electron chi connectivity index (χ4n) is 2.17. The number of ether oxygens (including phenoxy) is 2. The van der Waals surface area contributed by atoms with Gasteiger partial charge in [-0.25, -0.2) is 0 Å². The van der Waals surface area contributed by atoms with Gasteiger partial charge in [0.25, 0.3) is 5.91 Å². The Morgan fingerprint density at radius 3 is 2.79 bits per heavy atom. The number of allylic oxidation sites excluding steroid dienone is 1. The number of thioether (sulfide) groups is 1. The topological polar surface area (TPSA) is 47.6 Å². The molecule has 4 nitrogen and oxygen atoms in total. The maximum Gasteiger partial charge on any atom is 0.262 e. The molecule has 0 aliphatic heterocycles. The molecular weight excluding hydrogens is 322 g/mol. The number of hydrogen-bond donors (Lipinski definition) is 1. The third kappa shape index (κ3) is 5.06. The Morgan fingerprint density at radius 1 is 1.25 bits per heavy atom. The van der Waals surface area contributed by atoms with Crippen LogP contribution in [0.4, 0.5) is 5.69 Å². The van der Waals surface area contributed by atoms with Crippen molar-refractivity contribution in [2.45, 2.75) is 11.3 Å². The fourth-order valence-corrected chi connectivity index (χ4v) is 2.63. The smallest absolute Gasteiger partial charge is 0.262 e. The molecule has 0 saturated heterocycles. The van der Waals surface area contributed by atoms with E-state index in [0.717, 1.165) is 22.6 Å². The molecule has 0 saturated carbocycles. The summed E-state index contributed by atoms with van der Waals surface area (Å²) in [6.45, 7) is 3.64. The quantitative estimate of drug-likeness (QED) is 0.577. The van der Waals surface area contributed by atoms with Gasteiger partial charge in [-0.1, -0.05) is 18.2 Å². The lowest BCUT2D eigenvalue weighted by Crippen LogP contribution is -2.20. The number of anilines is 1. The van der Waals surface area contributed by atoms with Crippen LogP contribution in [-0.2, 0) is 11.2 Å². The Bertz CT molecular complexity index is 716. The standard InChI is InChI=1S/C19H21NO3S/c1-4-6-14-9-10-17(18(11-14)22-2)23-13-19(21)20-15-7-5-8-16(12-15)24-3/h4-5,7-12H,1,6,13H2,2-3H3,(H,20,21). The van der Waals surface area contributed by atoms with E-state index in [1.165, 1.54) is 0 Å². The van der Waals surface area contributed by atoms with E-state index in [-0.39, 0.29) is 12.5 Å². The van der Waals surface area contributed by atoms with Gasteiger partial charge in [-0.3, -0.25) is 4.79 Å². The Labute approximate surface area is 146 Å². The second-order valence-corrected chi connectivity index (χ2v) is 5.93. The summed E-state index contributed by atoms with van der Waals surface area (Å²) in [7, 11) is 1.58. The van der Waals surface area contributed by atoms with Crippen molar-refractivity contribution in [3.8, 4) is 11.5 Å². The van der Waals surface area contributed by atoms with Gasteiger partial charge in [0.05, 0.1) is 7.11 Å². The first-order chi connectivity index (χ1) is 11.7. The lowest BCUT2D eigenvalue weighted by Gasteiger charge is -2.12. The largest absolute Gasteiger partial charge is 0.493 e. The maximum atomic E-state index is 12.1. The van der Waals surface area contributed by atoms with E-state index in [2.05, 4.69) is 11.9 Å². The summed E-state index contributed by atoms with van der Waals surface area (Å²) in [5.74, 6) is 0.926. The molecule has 0 radical (unpaired) electrons. The molecule has 2 aromatic carbocycles. The van der Waals surface area contributed by atoms with E-state index in [1.54, 1.807) is 24.9 Å². The summed E-state index contributed by atoms with van der Waals surface area (Å²) < 4.78 is 10.9. The minimum absolute atomic E-state index is 0.0827. The Balaban J connectivity index is 1.96. The molecule has 0 heterocycles. The summed E-state index contributed by atoms with van der Waals surface area (Å²) in [4.78, 5) is 13.1. The van der Waals surface area contributed by atoms with E-state index in [1.807, 2.05) is 48.7 Å². The van der Waals surface area contributed by atoms with Crippen LogP contribution in [0.15, 0.2) is 60.0 Å². The van der Waals surface area contributed by atoms with Crippen LogP contribution in [0.25, 0.3) is 0 Å². The van der Waals surface area contributed by atoms with Crippen LogP contribution in [0.5, 0.6) is 11.5 Å². The average Bonchev–Trinajstić information content (AvgIpc) is 2.61. The Hall–Kier alpha value is -2.40. The van der Waals surface area contributed by atoms with Crippen molar-refractivity contribution < 1.29 is 14.3 Å². The number of benzene rings is 2. The van der Waals surface area contributed by atoms with Crippen LogP contribution >= 0.6 is 11.8 Å². The minimum atomic E-state index is -0.217. The predicted octanol–water partition coefficient (Wildman–Crippen LogP) is 4.16. The number of hydrogen-bond acceptors (Lipinski definition) is 4. The Kier molecular flexibility index (Phi) is 6.75. The van der Waals surface area contributed by atoms with E-state index in [0.29, 0.717) is 11.5 Å². The summed E-state index contributed by atoms with van der Waals surface area (Å²) in [5, 5.41) is 2.82. The van der Waals surface area contributed by atoms with Crippen LogP contribution in [0.2, 0.25) is 0 Å². The molecule has 0 fully saturated rings. The molecule has 126 valence electrons. The predicted molar refractivity (Wildman–Crippen MR) is 99.2 cm³/mol. The molecule has 2 rings (SSSR count). The van der Waals surface area contributed by atoms with Crippen LogP contribution in [0.3, 0.4) is 0 Å². The number of carbonyl (C=O) groups is 1. The van der Waals surface area contributed by atoms with Crippen molar-refractivity contribution >= 4 is 23.4 Å². The molecule has 1 amide bonds. The van der Waals surface area contributed by atoms with Crippen LogP contribution < -0.4 is 14.8 Å². The molecule has 0 bridgehead atoms. The maximum absolute atomic E-state index is 12.1. The second kappa shape index (κ2) is 9.03. The number of amides is 1. The summed E-state index contributed by atoms with van der Waals surface area (Å²) in [6, 6.07) is 13.3. The third-order valence-corrected chi connectivity index (χ3v) is 4.05. The molecule has 24 heavy (non-hydrogen) atoms. The summed E-state index contributed by atoms with van der Waals surface area (Å²) >= 11 is 1.62. The van der Waals surface area contributed by atoms with Gasteiger partial charge in [-0.15, -0.1) is 18.3 Å². The molecule has 0 aliphatic carbocycles. The van der Waals surface area contributed by atoms with Crippen molar-refractivity contribution in [2.24, 2.45) is 0 Å². The SMILES string of the molecule is C=CCc1ccc(OCC(=O)Nc2cccc(SC)c2)c(OC)c1. The van der Waals surface area contributed by atoms with Crippen LogP contribution in [-0.4, -0.2) is 25.9 Å². The zero-order valence-electron chi connectivity index (χ0n) is 13.9. The normalized spacial score (nSPS) is 10.1. The monoisotopic (exact) mass is 343 g/mol. The number of methoxy groups -OCH3 is 1. The van der Waals surface area contributed by atoms with E-state index < -0.39 is 0 Å². The van der Waals surface area contributed by atoms with Gasteiger partial charge in [0.15, 0.2) is 18.1 Å². The number of carbonyl (C=O) groups excluding carboxylic acids is 1. The van der Waals surface area contributed by atoms with Gasteiger partial charge >= 0.3 is 0 Å². The third-order valence-electron chi connectivity index (χ3n) is 3.32. The van der Waals surface area contributed by atoms with Gasteiger partial charge in [0.2, 0.25) is 0 Å². The summed E-state index contributed by atoms with van der Waals surface area (Å²) in [6.07, 6.45) is 4.57. The Morgan fingerprint density at radius 2 is 2.08 bits per heavy atom. The molecule has 1 N–H and O–H groups in total. The van der Waals surface area contributed by atoms with Crippen molar-refractivity contribution in [1.29, 1.82) is 0 Å². The zero-order chi connectivity index (χ0) is 17.4. The van der Waals surface area contributed by atoms with Crippen molar-refractivity contribution in [2.75, 3.05) is 25.3 Å². The minimum Gasteiger partial charge on any atom is -0.493 e. The highest BCUT2D eigenvalue weighted by Crippen LogP contribution is 2.28.